The maximum atomic E-state index is 12.0. The van der Waals surface area contributed by atoms with E-state index in [1.54, 1.807) is 36.4 Å². The lowest BCUT2D eigenvalue weighted by molar-refractivity contribution is -0.134. The van der Waals surface area contributed by atoms with E-state index >= 15 is 0 Å². The molecular formula is C16H14N2O3. The van der Waals surface area contributed by atoms with Gasteiger partial charge in [-0.3, -0.25) is 4.79 Å². The van der Waals surface area contributed by atoms with Crippen LogP contribution in [0.3, 0.4) is 0 Å². The minimum absolute atomic E-state index is 0.343. The van der Waals surface area contributed by atoms with Gasteiger partial charge in [0.1, 0.15) is 0 Å². The third-order valence-electron chi connectivity index (χ3n) is 3.49. The van der Waals surface area contributed by atoms with Crippen molar-refractivity contribution >= 4 is 17.6 Å². The number of aryl methyl sites for hydroxylation is 1. The first-order chi connectivity index (χ1) is 10.0. The highest BCUT2D eigenvalue weighted by atomic mass is 16.6. The van der Waals surface area contributed by atoms with Gasteiger partial charge in [-0.15, -0.1) is 0 Å². The number of benzene rings is 2. The van der Waals surface area contributed by atoms with Crippen molar-refractivity contribution in [3.05, 3.63) is 65.2 Å². The molecule has 0 aromatic heterocycles. The lowest BCUT2D eigenvalue weighted by Crippen LogP contribution is -2.48. The SMILES string of the molecule is Cc1ccc(NC2(C(N)=O)OC(=O)c3ccccc32)cc1. The molecular weight excluding hydrogens is 268 g/mol. The number of nitrogens with one attached hydrogen (secondary N) is 1. The van der Waals surface area contributed by atoms with E-state index in [0.717, 1.165) is 5.56 Å². The summed E-state index contributed by atoms with van der Waals surface area (Å²) in [5.41, 5.74) is 6.35. The molecule has 5 heteroatoms. The normalized spacial score (nSPS) is 19.8. The van der Waals surface area contributed by atoms with E-state index in [1.807, 2.05) is 19.1 Å². The number of primary amides is 1. The average molecular weight is 282 g/mol. The van der Waals surface area contributed by atoms with Gasteiger partial charge in [-0.25, -0.2) is 4.79 Å². The number of hydrogen-bond acceptors (Lipinski definition) is 4. The van der Waals surface area contributed by atoms with Crippen LogP contribution in [0.2, 0.25) is 0 Å². The zero-order valence-corrected chi connectivity index (χ0v) is 11.4. The lowest BCUT2D eigenvalue weighted by Gasteiger charge is -2.27. The summed E-state index contributed by atoms with van der Waals surface area (Å²) in [7, 11) is 0. The Kier molecular flexibility index (Phi) is 2.90. The van der Waals surface area contributed by atoms with Crippen molar-refractivity contribution in [2.75, 3.05) is 5.32 Å². The molecule has 3 N–H and O–H groups in total. The first-order valence-corrected chi connectivity index (χ1v) is 6.50. The van der Waals surface area contributed by atoms with Gasteiger partial charge in [-0.1, -0.05) is 35.9 Å². The van der Waals surface area contributed by atoms with E-state index in [-0.39, 0.29) is 0 Å². The molecule has 2 aromatic carbocycles. The summed E-state index contributed by atoms with van der Waals surface area (Å²) in [4.78, 5) is 23.9. The molecule has 1 aliphatic heterocycles. The third kappa shape index (κ3) is 2.03. The van der Waals surface area contributed by atoms with Gasteiger partial charge in [0.15, 0.2) is 0 Å². The van der Waals surface area contributed by atoms with Crippen LogP contribution in [0.5, 0.6) is 0 Å². The highest BCUT2D eigenvalue weighted by molar-refractivity contribution is 6.02. The van der Waals surface area contributed by atoms with Crippen LogP contribution >= 0.6 is 0 Å². The van der Waals surface area contributed by atoms with Crippen molar-refractivity contribution < 1.29 is 14.3 Å². The molecule has 2 aromatic rings. The molecule has 1 aliphatic rings. The van der Waals surface area contributed by atoms with Crippen molar-refractivity contribution in [2.45, 2.75) is 12.6 Å². The van der Waals surface area contributed by atoms with E-state index < -0.39 is 17.6 Å². The molecule has 0 saturated carbocycles. The zero-order valence-electron chi connectivity index (χ0n) is 11.4. The Bertz CT molecular complexity index is 725. The first-order valence-electron chi connectivity index (χ1n) is 6.50. The molecule has 0 bridgehead atoms. The topological polar surface area (TPSA) is 81.4 Å². The number of amides is 1. The number of rotatable bonds is 3. The summed E-state index contributed by atoms with van der Waals surface area (Å²) in [5.74, 6) is -1.33. The van der Waals surface area contributed by atoms with Crippen LogP contribution < -0.4 is 11.1 Å². The van der Waals surface area contributed by atoms with Crippen LogP contribution in [0.4, 0.5) is 5.69 Å². The molecule has 0 aliphatic carbocycles. The molecule has 5 nitrogen and oxygen atoms in total. The Hall–Kier alpha value is -2.82. The minimum atomic E-state index is -1.66. The Morgan fingerprint density at radius 3 is 2.48 bits per heavy atom. The van der Waals surface area contributed by atoms with Crippen molar-refractivity contribution in [1.29, 1.82) is 0 Å². The minimum Gasteiger partial charge on any atom is -0.421 e. The molecule has 0 spiro atoms. The number of cyclic esters (lactones) is 1. The molecule has 106 valence electrons. The van der Waals surface area contributed by atoms with Gasteiger partial charge < -0.3 is 15.8 Å². The van der Waals surface area contributed by atoms with Crippen molar-refractivity contribution in [3.63, 3.8) is 0 Å². The first kappa shape index (κ1) is 13.2. The Morgan fingerprint density at radius 2 is 1.81 bits per heavy atom. The van der Waals surface area contributed by atoms with Crippen LogP contribution in [0.1, 0.15) is 21.5 Å². The number of carbonyl (C=O) groups is 2. The largest absolute Gasteiger partial charge is 0.421 e. The van der Waals surface area contributed by atoms with Gasteiger partial charge in [-0.2, -0.15) is 0 Å². The van der Waals surface area contributed by atoms with Crippen LogP contribution in [-0.2, 0) is 15.3 Å². The quantitative estimate of drug-likeness (QED) is 0.843. The van der Waals surface area contributed by atoms with Gasteiger partial charge in [0.2, 0.25) is 0 Å². The van der Waals surface area contributed by atoms with Gasteiger partial charge >= 0.3 is 5.97 Å². The number of esters is 1. The van der Waals surface area contributed by atoms with Gasteiger partial charge in [0, 0.05) is 11.3 Å². The molecule has 1 amide bonds. The second-order valence-electron chi connectivity index (χ2n) is 4.97. The second-order valence-corrected chi connectivity index (χ2v) is 4.97. The third-order valence-corrected chi connectivity index (χ3v) is 3.49. The van der Waals surface area contributed by atoms with Gasteiger partial charge in [0.25, 0.3) is 11.6 Å². The van der Waals surface area contributed by atoms with Crippen LogP contribution in [0, 0.1) is 6.92 Å². The Balaban J connectivity index is 2.08. The Labute approximate surface area is 121 Å². The van der Waals surface area contributed by atoms with Crippen molar-refractivity contribution in [1.82, 2.24) is 0 Å². The number of fused-ring (bicyclic) bond motifs is 1. The highest BCUT2D eigenvalue weighted by Gasteiger charge is 2.50. The number of hydrogen-bond donors (Lipinski definition) is 2. The predicted molar refractivity (Wildman–Crippen MR) is 77.5 cm³/mol. The zero-order chi connectivity index (χ0) is 15.0. The smallest absolute Gasteiger partial charge is 0.341 e. The predicted octanol–water partition coefficient (Wildman–Crippen LogP) is 1.92. The number of carbonyl (C=O) groups excluding carboxylic acids is 2. The maximum Gasteiger partial charge on any atom is 0.341 e. The fourth-order valence-electron chi connectivity index (χ4n) is 2.39. The molecule has 3 rings (SSSR count). The molecule has 1 atom stereocenters. The molecule has 1 heterocycles. The number of ether oxygens (including phenoxy) is 1. The standard InChI is InChI=1S/C16H14N2O3/c1-10-6-8-11(9-7-10)18-16(15(17)20)13-5-3-2-4-12(13)14(19)21-16/h2-9,18H,1H3,(H2,17,20). The van der Waals surface area contributed by atoms with Gasteiger partial charge in [0.05, 0.1) is 5.56 Å². The van der Waals surface area contributed by atoms with E-state index in [2.05, 4.69) is 5.32 Å². The summed E-state index contributed by atoms with van der Waals surface area (Å²) in [6, 6.07) is 14.1. The Morgan fingerprint density at radius 1 is 1.14 bits per heavy atom. The molecule has 0 radical (unpaired) electrons. The van der Waals surface area contributed by atoms with Crippen molar-refractivity contribution in [2.24, 2.45) is 5.73 Å². The fraction of sp³-hybridized carbons (Fsp3) is 0.125. The summed E-state index contributed by atoms with van der Waals surface area (Å²) >= 11 is 0. The molecule has 1 unspecified atom stereocenters. The number of anilines is 1. The maximum absolute atomic E-state index is 12.0. The van der Waals surface area contributed by atoms with E-state index in [1.165, 1.54) is 0 Å². The van der Waals surface area contributed by atoms with E-state index in [0.29, 0.717) is 16.8 Å². The van der Waals surface area contributed by atoms with E-state index in [9.17, 15) is 9.59 Å². The second kappa shape index (κ2) is 4.63. The van der Waals surface area contributed by atoms with Crippen molar-refractivity contribution in [3.8, 4) is 0 Å². The van der Waals surface area contributed by atoms with Crippen LogP contribution in [0.25, 0.3) is 0 Å². The van der Waals surface area contributed by atoms with Gasteiger partial charge in [-0.05, 0) is 25.1 Å². The van der Waals surface area contributed by atoms with Crippen LogP contribution in [-0.4, -0.2) is 11.9 Å². The molecule has 0 saturated heterocycles. The number of nitrogens with two attached hydrogens (primary N) is 1. The highest BCUT2D eigenvalue weighted by Crippen LogP contribution is 2.37. The fourth-order valence-corrected chi connectivity index (χ4v) is 2.39. The molecule has 0 fully saturated rings. The summed E-state index contributed by atoms with van der Waals surface area (Å²) in [6.45, 7) is 1.96. The van der Waals surface area contributed by atoms with E-state index in [4.69, 9.17) is 10.5 Å². The average Bonchev–Trinajstić information content (AvgIpc) is 2.76. The van der Waals surface area contributed by atoms with Crippen LogP contribution in [0.15, 0.2) is 48.5 Å². The monoisotopic (exact) mass is 282 g/mol. The lowest BCUT2D eigenvalue weighted by atomic mass is 9.98. The summed E-state index contributed by atoms with van der Waals surface area (Å²) < 4.78 is 5.29. The summed E-state index contributed by atoms with van der Waals surface area (Å²) in [6.07, 6.45) is 0. The summed E-state index contributed by atoms with van der Waals surface area (Å²) in [5, 5.41) is 2.95. The molecule has 21 heavy (non-hydrogen) atoms.